The molecule has 9 heteroatoms. The van der Waals surface area contributed by atoms with Crippen molar-refractivity contribution in [1.29, 1.82) is 0 Å². The van der Waals surface area contributed by atoms with Crippen LogP contribution in [-0.2, 0) is 17.6 Å². The van der Waals surface area contributed by atoms with E-state index in [9.17, 15) is 4.79 Å². The van der Waals surface area contributed by atoms with Gasteiger partial charge in [0, 0.05) is 7.05 Å². The number of tetrazole rings is 1. The predicted octanol–water partition coefficient (Wildman–Crippen LogP) is 2.01. The maximum absolute atomic E-state index is 12.2. The van der Waals surface area contributed by atoms with Gasteiger partial charge < -0.3 is 5.32 Å². The number of carbonyl (C=O) groups is 1. The Morgan fingerprint density at radius 2 is 2.08 bits per heavy atom. The van der Waals surface area contributed by atoms with Crippen molar-refractivity contribution in [2.75, 3.05) is 11.1 Å². The summed E-state index contributed by atoms with van der Waals surface area (Å²) >= 11 is 1.53. The maximum atomic E-state index is 12.2. The number of thioether (sulfide) groups is 1. The zero-order valence-electron chi connectivity index (χ0n) is 14.3. The van der Waals surface area contributed by atoms with Crippen LogP contribution < -0.4 is 5.32 Å². The van der Waals surface area contributed by atoms with Crippen molar-refractivity contribution in [2.45, 2.75) is 51.3 Å². The van der Waals surface area contributed by atoms with Crippen molar-refractivity contribution in [3.8, 4) is 0 Å². The third kappa shape index (κ3) is 3.61. The largest absolute Gasteiger partial charge is 0.322 e. The van der Waals surface area contributed by atoms with Gasteiger partial charge in [-0.25, -0.2) is 4.68 Å². The molecule has 0 unspecified atom stereocenters. The molecule has 1 aliphatic carbocycles. The number of hydrogen-bond acceptors (Lipinski definition) is 6. The molecule has 3 rings (SSSR count). The van der Waals surface area contributed by atoms with Crippen LogP contribution in [0.1, 0.15) is 48.9 Å². The van der Waals surface area contributed by atoms with E-state index in [1.165, 1.54) is 24.6 Å². The molecule has 0 aromatic carbocycles. The van der Waals surface area contributed by atoms with Crippen molar-refractivity contribution in [3.63, 3.8) is 0 Å². The van der Waals surface area contributed by atoms with E-state index in [0.717, 1.165) is 35.7 Å². The zero-order valence-corrected chi connectivity index (χ0v) is 15.1. The molecule has 130 valence electrons. The van der Waals surface area contributed by atoms with Crippen LogP contribution in [0.2, 0.25) is 0 Å². The fourth-order valence-corrected chi connectivity index (χ4v) is 3.84. The van der Waals surface area contributed by atoms with Crippen LogP contribution in [0.5, 0.6) is 0 Å². The fraction of sp³-hybridized carbons (Fsp3) is 0.667. The van der Waals surface area contributed by atoms with E-state index < -0.39 is 0 Å². The van der Waals surface area contributed by atoms with Gasteiger partial charge in [-0.05, 0) is 37.1 Å². The summed E-state index contributed by atoms with van der Waals surface area (Å²) < 4.78 is 3.71. The van der Waals surface area contributed by atoms with E-state index in [0.29, 0.717) is 17.5 Å². The smallest absolute Gasteiger partial charge is 0.234 e. The second-order valence-corrected chi connectivity index (χ2v) is 7.17. The first kappa shape index (κ1) is 16.9. The van der Waals surface area contributed by atoms with Gasteiger partial charge in [-0.3, -0.25) is 9.48 Å². The Bertz CT molecular complexity index is 717. The number of amides is 1. The molecule has 0 aliphatic heterocycles. The number of aromatic nitrogens is 6. The van der Waals surface area contributed by atoms with Crippen LogP contribution in [0.4, 0.5) is 5.69 Å². The highest BCUT2D eigenvalue weighted by molar-refractivity contribution is 7.99. The second-order valence-electron chi connectivity index (χ2n) is 6.19. The molecular weight excluding hydrogens is 326 g/mol. The Morgan fingerprint density at radius 1 is 1.33 bits per heavy atom. The highest BCUT2D eigenvalue weighted by atomic mass is 32.2. The molecule has 1 saturated carbocycles. The number of anilines is 1. The molecule has 1 amide bonds. The lowest BCUT2D eigenvalue weighted by molar-refractivity contribution is -0.113. The molecule has 0 spiro atoms. The lowest BCUT2D eigenvalue weighted by Crippen LogP contribution is -2.16. The predicted molar refractivity (Wildman–Crippen MR) is 92.8 cm³/mol. The summed E-state index contributed by atoms with van der Waals surface area (Å²) in [5.74, 6) is 1.83. The number of nitrogens with one attached hydrogen (secondary N) is 1. The number of hydrogen-bond donors (Lipinski definition) is 1. The number of aryl methyl sites for hydroxylation is 2. The van der Waals surface area contributed by atoms with Crippen LogP contribution in [0.25, 0.3) is 0 Å². The van der Waals surface area contributed by atoms with Gasteiger partial charge in [-0.15, -0.1) is 16.9 Å². The normalized spacial score (nSPS) is 15.1. The third-order valence-electron chi connectivity index (χ3n) is 4.47. The monoisotopic (exact) mass is 349 g/mol. The molecule has 0 radical (unpaired) electrons. The summed E-state index contributed by atoms with van der Waals surface area (Å²) in [5.41, 5.74) is 2.59. The Kier molecular flexibility index (Phi) is 5.17. The van der Waals surface area contributed by atoms with Gasteiger partial charge in [-0.2, -0.15) is 5.10 Å². The minimum atomic E-state index is -0.0286. The van der Waals surface area contributed by atoms with E-state index >= 15 is 0 Å². The molecule has 2 aromatic heterocycles. The first-order chi connectivity index (χ1) is 11.6. The van der Waals surface area contributed by atoms with Crippen LogP contribution >= 0.6 is 11.8 Å². The molecule has 2 heterocycles. The topological polar surface area (TPSA) is 90.5 Å². The Hall–Kier alpha value is -1.90. The van der Waals surface area contributed by atoms with E-state index in [1.54, 1.807) is 4.68 Å². The summed E-state index contributed by atoms with van der Waals surface area (Å²) in [6.45, 7) is 3.84. The van der Waals surface area contributed by atoms with Crippen molar-refractivity contribution in [2.24, 2.45) is 7.05 Å². The Labute approximate surface area is 145 Å². The SMILES string of the molecule is Cc1nn(C)c(C)c1NC(=O)CSCc1nnnn1C1CCCC1. The van der Waals surface area contributed by atoms with Gasteiger partial charge >= 0.3 is 0 Å². The summed E-state index contributed by atoms with van der Waals surface area (Å²) in [6, 6.07) is 0.421. The van der Waals surface area contributed by atoms with Crippen molar-refractivity contribution < 1.29 is 4.79 Å². The molecule has 0 bridgehead atoms. The van der Waals surface area contributed by atoms with Crippen LogP contribution in [0.15, 0.2) is 0 Å². The van der Waals surface area contributed by atoms with Crippen LogP contribution in [-0.4, -0.2) is 41.6 Å². The first-order valence-electron chi connectivity index (χ1n) is 8.20. The van der Waals surface area contributed by atoms with E-state index in [1.807, 2.05) is 25.6 Å². The van der Waals surface area contributed by atoms with Crippen molar-refractivity contribution in [3.05, 3.63) is 17.2 Å². The Balaban J connectivity index is 1.51. The summed E-state index contributed by atoms with van der Waals surface area (Å²) in [6.07, 6.45) is 4.76. The van der Waals surface area contributed by atoms with Crippen molar-refractivity contribution >= 4 is 23.4 Å². The van der Waals surface area contributed by atoms with E-state index in [-0.39, 0.29) is 5.91 Å². The van der Waals surface area contributed by atoms with Gasteiger partial charge in [0.05, 0.1) is 34.6 Å². The molecule has 24 heavy (non-hydrogen) atoms. The molecule has 1 N–H and O–H groups in total. The van der Waals surface area contributed by atoms with Gasteiger partial charge in [0.15, 0.2) is 5.82 Å². The molecule has 8 nitrogen and oxygen atoms in total. The number of rotatable bonds is 6. The van der Waals surface area contributed by atoms with Gasteiger partial charge in [0.25, 0.3) is 0 Å². The average molecular weight is 349 g/mol. The number of carbonyl (C=O) groups excluding carboxylic acids is 1. The molecular formula is C15H23N7OS. The highest BCUT2D eigenvalue weighted by Crippen LogP contribution is 2.29. The van der Waals surface area contributed by atoms with Crippen LogP contribution in [0, 0.1) is 13.8 Å². The average Bonchev–Trinajstić information content (AvgIpc) is 3.26. The van der Waals surface area contributed by atoms with Gasteiger partial charge in [-0.1, -0.05) is 12.8 Å². The maximum Gasteiger partial charge on any atom is 0.234 e. The highest BCUT2D eigenvalue weighted by Gasteiger charge is 2.21. The molecule has 1 fully saturated rings. The zero-order chi connectivity index (χ0) is 17.1. The molecule has 2 aromatic rings. The molecule has 0 atom stereocenters. The number of nitrogens with zero attached hydrogens (tertiary/aromatic N) is 6. The quantitative estimate of drug-likeness (QED) is 0.858. The first-order valence-corrected chi connectivity index (χ1v) is 9.36. The van der Waals surface area contributed by atoms with E-state index in [2.05, 4.69) is 25.9 Å². The van der Waals surface area contributed by atoms with Crippen molar-refractivity contribution in [1.82, 2.24) is 30.0 Å². The summed E-state index contributed by atoms with van der Waals surface area (Å²) in [7, 11) is 1.87. The van der Waals surface area contributed by atoms with Crippen LogP contribution in [0.3, 0.4) is 0 Å². The lowest BCUT2D eigenvalue weighted by atomic mass is 10.2. The third-order valence-corrected chi connectivity index (χ3v) is 5.40. The standard InChI is InChI=1S/C15H23N7OS/c1-10-15(11(2)21(3)18-10)16-14(23)9-24-8-13-17-19-20-22(13)12-6-4-5-7-12/h12H,4-9H2,1-3H3,(H,16,23). The summed E-state index contributed by atoms with van der Waals surface area (Å²) in [4.78, 5) is 12.2. The minimum Gasteiger partial charge on any atom is -0.322 e. The molecule has 0 saturated heterocycles. The fourth-order valence-electron chi connectivity index (χ4n) is 3.10. The molecule has 1 aliphatic rings. The van der Waals surface area contributed by atoms with Gasteiger partial charge in [0.1, 0.15) is 0 Å². The van der Waals surface area contributed by atoms with Gasteiger partial charge in [0.2, 0.25) is 5.91 Å². The Morgan fingerprint density at radius 3 is 2.75 bits per heavy atom. The lowest BCUT2D eigenvalue weighted by Gasteiger charge is -2.11. The van der Waals surface area contributed by atoms with E-state index in [4.69, 9.17) is 0 Å². The minimum absolute atomic E-state index is 0.0286. The summed E-state index contributed by atoms with van der Waals surface area (Å²) in [5, 5.41) is 19.3. The second kappa shape index (κ2) is 7.33.